The number of hydrogen-bond donors (Lipinski definition) is 0. The molecule has 1 aromatic carbocycles. The number of amides is 2. The first-order valence-corrected chi connectivity index (χ1v) is 10.9. The fourth-order valence-electron chi connectivity index (χ4n) is 3.68. The lowest BCUT2D eigenvalue weighted by molar-refractivity contribution is -0.156. The average molecular weight is 410 g/mol. The third-order valence-corrected chi connectivity index (χ3v) is 5.41. The van der Waals surface area contributed by atoms with Crippen LogP contribution in [0.2, 0.25) is 0 Å². The molecule has 3 rings (SSSR count). The number of hydrogen-bond acceptors (Lipinski definition) is 5. The Morgan fingerprint density at radius 2 is 1.57 bits per heavy atom. The summed E-state index contributed by atoms with van der Waals surface area (Å²) < 4.78 is 0. The second-order valence-corrected chi connectivity index (χ2v) is 7.54. The lowest BCUT2D eigenvalue weighted by atomic mass is 10.1. The summed E-state index contributed by atoms with van der Waals surface area (Å²) in [5.74, 6) is -0.106. The standard InChI is InChI=1S/C23H31N5O2/c1-3-5-6-7-15-26-16-17-27(22(30)21(26)29)18-19-9-11-20(12-10-19)28(4-2)23-24-13-8-14-25-23/h8-14H,3-7,15-18H2,1-2H3. The molecule has 1 fully saturated rings. The van der Waals surface area contributed by atoms with Gasteiger partial charge in [0.2, 0.25) is 5.95 Å². The molecule has 1 aliphatic rings. The molecule has 7 nitrogen and oxygen atoms in total. The van der Waals surface area contributed by atoms with Gasteiger partial charge in [0.1, 0.15) is 0 Å². The number of piperazine rings is 1. The third-order valence-electron chi connectivity index (χ3n) is 5.41. The van der Waals surface area contributed by atoms with Crippen molar-refractivity contribution in [2.24, 2.45) is 0 Å². The van der Waals surface area contributed by atoms with E-state index < -0.39 is 5.91 Å². The number of unbranched alkanes of at least 4 members (excludes halogenated alkanes) is 3. The van der Waals surface area contributed by atoms with Crippen molar-refractivity contribution < 1.29 is 9.59 Å². The van der Waals surface area contributed by atoms with Gasteiger partial charge in [0.25, 0.3) is 0 Å². The maximum absolute atomic E-state index is 12.5. The van der Waals surface area contributed by atoms with E-state index in [0.29, 0.717) is 32.1 Å². The molecule has 0 spiro atoms. The summed E-state index contributed by atoms with van der Waals surface area (Å²) in [5.41, 5.74) is 1.99. The van der Waals surface area contributed by atoms with Gasteiger partial charge in [-0.25, -0.2) is 9.97 Å². The summed E-state index contributed by atoms with van der Waals surface area (Å²) in [4.78, 5) is 39.0. The fraction of sp³-hybridized carbons (Fsp3) is 0.478. The van der Waals surface area contributed by atoms with E-state index >= 15 is 0 Å². The number of nitrogens with zero attached hydrogens (tertiary/aromatic N) is 5. The normalized spacial score (nSPS) is 14.3. The predicted molar refractivity (Wildman–Crippen MR) is 117 cm³/mol. The number of benzene rings is 1. The number of carbonyl (C=O) groups excluding carboxylic acids is 2. The molecule has 7 heteroatoms. The van der Waals surface area contributed by atoms with Gasteiger partial charge in [0.15, 0.2) is 0 Å². The SMILES string of the molecule is CCCCCCN1CCN(Cc2ccc(N(CC)c3ncccn3)cc2)C(=O)C1=O. The molecule has 0 saturated carbocycles. The summed E-state index contributed by atoms with van der Waals surface area (Å²) in [6.07, 6.45) is 7.86. The molecule has 2 aromatic rings. The Hall–Kier alpha value is -2.96. The first kappa shape index (κ1) is 21.7. The lowest BCUT2D eigenvalue weighted by Crippen LogP contribution is -2.54. The number of rotatable bonds is 10. The van der Waals surface area contributed by atoms with Gasteiger partial charge in [0.05, 0.1) is 0 Å². The van der Waals surface area contributed by atoms with Crippen LogP contribution >= 0.6 is 0 Å². The van der Waals surface area contributed by atoms with Crippen molar-refractivity contribution in [2.45, 2.75) is 46.1 Å². The highest BCUT2D eigenvalue weighted by Crippen LogP contribution is 2.22. The van der Waals surface area contributed by atoms with Crippen molar-refractivity contribution in [1.29, 1.82) is 0 Å². The molecular formula is C23H31N5O2. The van der Waals surface area contributed by atoms with Crippen LogP contribution in [-0.2, 0) is 16.1 Å². The molecule has 0 atom stereocenters. The average Bonchev–Trinajstić information content (AvgIpc) is 2.78. The zero-order chi connectivity index (χ0) is 21.3. The molecule has 1 aromatic heterocycles. The third kappa shape index (κ3) is 5.34. The Kier molecular flexibility index (Phi) is 7.76. The number of carbonyl (C=O) groups is 2. The summed E-state index contributed by atoms with van der Waals surface area (Å²) in [6.45, 7) is 7.29. The molecule has 0 aliphatic carbocycles. The lowest BCUT2D eigenvalue weighted by Gasteiger charge is -2.34. The summed E-state index contributed by atoms with van der Waals surface area (Å²) in [5, 5.41) is 0. The van der Waals surface area contributed by atoms with Gasteiger partial charge in [-0.05, 0) is 37.1 Å². The highest BCUT2D eigenvalue weighted by atomic mass is 16.2. The van der Waals surface area contributed by atoms with Crippen molar-refractivity contribution >= 4 is 23.5 Å². The molecule has 1 saturated heterocycles. The molecule has 30 heavy (non-hydrogen) atoms. The van der Waals surface area contributed by atoms with Crippen LogP contribution in [-0.4, -0.2) is 57.8 Å². The van der Waals surface area contributed by atoms with Crippen molar-refractivity contribution in [3.05, 3.63) is 48.3 Å². The van der Waals surface area contributed by atoms with Crippen LogP contribution in [0.15, 0.2) is 42.7 Å². The van der Waals surface area contributed by atoms with Gasteiger partial charge in [0, 0.05) is 50.8 Å². The molecule has 160 valence electrons. The van der Waals surface area contributed by atoms with E-state index in [0.717, 1.165) is 37.1 Å². The van der Waals surface area contributed by atoms with Crippen molar-refractivity contribution in [3.8, 4) is 0 Å². The molecular weight excluding hydrogens is 378 g/mol. The van der Waals surface area contributed by atoms with Gasteiger partial charge in [-0.1, -0.05) is 38.3 Å². The van der Waals surface area contributed by atoms with Crippen LogP contribution in [0.1, 0.15) is 45.1 Å². The Morgan fingerprint density at radius 1 is 0.900 bits per heavy atom. The van der Waals surface area contributed by atoms with Gasteiger partial charge in [-0.15, -0.1) is 0 Å². The molecule has 0 radical (unpaired) electrons. The van der Waals surface area contributed by atoms with Gasteiger partial charge < -0.3 is 14.7 Å². The van der Waals surface area contributed by atoms with E-state index in [-0.39, 0.29) is 5.91 Å². The van der Waals surface area contributed by atoms with Crippen LogP contribution in [0, 0.1) is 0 Å². The van der Waals surface area contributed by atoms with E-state index in [1.807, 2.05) is 29.2 Å². The van der Waals surface area contributed by atoms with Gasteiger partial charge in [-0.3, -0.25) is 9.59 Å². The first-order valence-electron chi connectivity index (χ1n) is 10.9. The van der Waals surface area contributed by atoms with Crippen LogP contribution in [0.3, 0.4) is 0 Å². The Balaban J connectivity index is 1.58. The zero-order valence-corrected chi connectivity index (χ0v) is 18.0. The Bertz CT molecular complexity index is 825. The highest BCUT2D eigenvalue weighted by molar-refractivity contribution is 6.35. The molecule has 0 unspecified atom stereocenters. The van der Waals surface area contributed by atoms with Crippen molar-refractivity contribution in [2.75, 3.05) is 31.1 Å². The van der Waals surface area contributed by atoms with Gasteiger partial charge in [-0.2, -0.15) is 0 Å². The molecule has 2 heterocycles. The number of anilines is 2. The maximum Gasteiger partial charge on any atom is 0.312 e. The Labute approximate surface area is 178 Å². The maximum atomic E-state index is 12.5. The second kappa shape index (κ2) is 10.7. The molecule has 0 bridgehead atoms. The van der Waals surface area contributed by atoms with E-state index in [4.69, 9.17) is 0 Å². The minimum Gasteiger partial charge on any atom is -0.333 e. The van der Waals surface area contributed by atoms with E-state index in [2.05, 4.69) is 23.8 Å². The minimum absolute atomic E-state index is 0.368. The second-order valence-electron chi connectivity index (χ2n) is 7.54. The smallest absolute Gasteiger partial charge is 0.312 e. The first-order chi connectivity index (χ1) is 14.6. The van der Waals surface area contributed by atoms with E-state index in [1.165, 1.54) is 6.42 Å². The Morgan fingerprint density at radius 3 is 2.23 bits per heavy atom. The van der Waals surface area contributed by atoms with Crippen molar-refractivity contribution in [3.63, 3.8) is 0 Å². The summed E-state index contributed by atoms with van der Waals surface area (Å²) >= 11 is 0. The predicted octanol–water partition coefficient (Wildman–Crippen LogP) is 3.39. The molecule has 2 amide bonds. The van der Waals surface area contributed by atoms with Crippen LogP contribution in [0.25, 0.3) is 0 Å². The zero-order valence-electron chi connectivity index (χ0n) is 18.0. The monoisotopic (exact) mass is 409 g/mol. The minimum atomic E-state index is -0.395. The highest BCUT2D eigenvalue weighted by Gasteiger charge is 2.31. The van der Waals surface area contributed by atoms with Crippen molar-refractivity contribution in [1.82, 2.24) is 19.8 Å². The van der Waals surface area contributed by atoms with Crippen LogP contribution < -0.4 is 4.90 Å². The van der Waals surface area contributed by atoms with Gasteiger partial charge >= 0.3 is 11.8 Å². The van der Waals surface area contributed by atoms with E-state index in [1.54, 1.807) is 28.3 Å². The number of aromatic nitrogens is 2. The van der Waals surface area contributed by atoms with Crippen LogP contribution in [0.5, 0.6) is 0 Å². The summed E-state index contributed by atoms with van der Waals surface area (Å²) in [7, 11) is 0. The topological polar surface area (TPSA) is 69.6 Å². The van der Waals surface area contributed by atoms with Crippen LogP contribution in [0.4, 0.5) is 11.6 Å². The fourth-order valence-corrected chi connectivity index (χ4v) is 3.68. The summed E-state index contributed by atoms with van der Waals surface area (Å²) in [6, 6.07) is 9.80. The quantitative estimate of drug-likeness (QED) is 0.444. The molecule has 1 aliphatic heterocycles. The largest absolute Gasteiger partial charge is 0.333 e. The van der Waals surface area contributed by atoms with E-state index in [9.17, 15) is 9.59 Å². The molecule has 0 N–H and O–H groups in total.